The molecule has 3 N–H and O–H groups in total. The number of ether oxygens (including phenoxy) is 1. The van der Waals surface area contributed by atoms with E-state index in [9.17, 15) is 22.0 Å². The molecule has 1 amide bonds. The van der Waals surface area contributed by atoms with Crippen molar-refractivity contribution in [2.45, 2.75) is 4.90 Å². The normalized spacial score (nSPS) is 10.7. The van der Waals surface area contributed by atoms with Crippen LogP contribution in [-0.4, -0.2) is 27.5 Å². The Balaban J connectivity index is 1.92. The molecule has 0 radical (unpaired) electrons. The highest BCUT2D eigenvalue weighted by atomic mass is 32.2. The fourth-order valence-corrected chi connectivity index (χ4v) is 2.89. The van der Waals surface area contributed by atoms with Gasteiger partial charge in [0.05, 0.1) is 17.0 Å². The van der Waals surface area contributed by atoms with E-state index < -0.39 is 32.5 Å². The third-order valence-corrected chi connectivity index (χ3v) is 4.45. The Morgan fingerprint density at radius 3 is 2.42 bits per heavy atom. The maximum Gasteiger partial charge on any atom is 0.252 e. The smallest absolute Gasteiger partial charge is 0.252 e. The number of sulfonamides is 1. The second-order valence-electron chi connectivity index (χ2n) is 4.93. The summed E-state index contributed by atoms with van der Waals surface area (Å²) in [6.45, 7) is -0.401. The van der Waals surface area contributed by atoms with E-state index in [1.165, 1.54) is 6.07 Å². The van der Waals surface area contributed by atoms with Gasteiger partial charge >= 0.3 is 0 Å². The molecule has 2 aromatic rings. The molecule has 0 aliphatic heterocycles. The van der Waals surface area contributed by atoms with E-state index in [-0.39, 0.29) is 24.5 Å². The first-order valence-corrected chi connectivity index (χ1v) is 8.71. The molecule has 0 saturated heterocycles. The monoisotopic (exact) mass is 380 g/mol. The van der Waals surface area contributed by atoms with Gasteiger partial charge < -0.3 is 10.5 Å². The molecule has 0 saturated carbocycles. The zero-order valence-corrected chi connectivity index (χ0v) is 14.1. The molecule has 0 aliphatic rings. The van der Waals surface area contributed by atoms with Crippen molar-refractivity contribution in [3.8, 4) is 17.6 Å². The zero-order chi connectivity index (χ0) is 19.2. The summed E-state index contributed by atoms with van der Waals surface area (Å²) >= 11 is 0. The minimum absolute atomic E-state index is 0.111. The van der Waals surface area contributed by atoms with Gasteiger partial charge in [0.15, 0.2) is 0 Å². The highest BCUT2D eigenvalue weighted by molar-refractivity contribution is 7.89. The highest BCUT2D eigenvalue weighted by Gasteiger charge is 2.15. The van der Waals surface area contributed by atoms with E-state index in [1.54, 1.807) is 18.2 Å². The lowest BCUT2D eigenvalue weighted by Gasteiger charge is -2.06. The molecule has 2 aromatic carbocycles. The average Bonchev–Trinajstić information content (AvgIpc) is 2.57. The lowest BCUT2D eigenvalue weighted by atomic mass is 10.2. The van der Waals surface area contributed by atoms with Crippen LogP contribution in [0.5, 0.6) is 5.75 Å². The number of nitrogens with one attached hydrogen (secondary N) is 1. The third-order valence-electron chi connectivity index (χ3n) is 3.07. The predicted octanol–water partition coefficient (Wildman–Crippen LogP) is 1.42. The zero-order valence-electron chi connectivity index (χ0n) is 13.3. The van der Waals surface area contributed by atoms with Crippen LogP contribution in [0.4, 0.5) is 8.78 Å². The molecule has 6 nitrogen and oxygen atoms in total. The number of benzene rings is 2. The summed E-state index contributed by atoms with van der Waals surface area (Å²) in [5, 5.41) is 0. The number of para-hydroxylation sites is 1. The summed E-state index contributed by atoms with van der Waals surface area (Å²) in [7, 11) is -4.10. The molecule has 26 heavy (non-hydrogen) atoms. The number of halogens is 2. The molecule has 0 aliphatic carbocycles. The molecule has 0 atom stereocenters. The van der Waals surface area contributed by atoms with Gasteiger partial charge in [-0.1, -0.05) is 24.0 Å². The third kappa shape index (κ3) is 5.27. The first-order chi connectivity index (χ1) is 12.3. The first-order valence-electron chi connectivity index (χ1n) is 7.23. The first kappa shape index (κ1) is 19.4. The average molecular weight is 380 g/mol. The van der Waals surface area contributed by atoms with E-state index in [2.05, 4.69) is 16.6 Å². The number of carbonyl (C=O) groups is 1. The van der Waals surface area contributed by atoms with Crippen LogP contribution in [0.15, 0.2) is 47.4 Å². The Hall–Kier alpha value is -2.96. The molecular formula is C17H14F2N2O4S. The van der Waals surface area contributed by atoms with Gasteiger partial charge in [0.1, 0.15) is 24.0 Å². The number of hydrogen-bond donors (Lipinski definition) is 2. The maximum atomic E-state index is 13.1. The van der Waals surface area contributed by atoms with Crippen LogP contribution in [0, 0.1) is 23.5 Å². The van der Waals surface area contributed by atoms with Crippen molar-refractivity contribution in [2.24, 2.45) is 5.73 Å². The van der Waals surface area contributed by atoms with Crippen molar-refractivity contribution in [1.29, 1.82) is 0 Å². The Bertz CT molecular complexity index is 961. The fraction of sp³-hybridized carbons (Fsp3) is 0.118. The standard InChI is InChI=1S/C17H14F2N2O4S/c18-12-9-13(19)11-14(10-12)26(23,24)21-7-3-4-8-25-16-6-2-1-5-15(16)17(20)22/h1-2,5-6,9-11,21H,7-8H2,(H2,20,22). The Labute approximate surface area is 149 Å². The van der Waals surface area contributed by atoms with Crippen molar-refractivity contribution in [3.63, 3.8) is 0 Å². The van der Waals surface area contributed by atoms with Crippen LogP contribution in [0.2, 0.25) is 0 Å². The van der Waals surface area contributed by atoms with Crippen LogP contribution >= 0.6 is 0 Å². The van der Waals surface area contributed by atoms with Gasteiger partial charge in [-0.15, -0.1) is 0 Å². The SMILES string of the molecule is NC(=O)c1ccccc1OCC#CCNS(=O)(=O)c1cc(F)cc(F)c1. The minimum atomic E-state index is -4.10. The van der Waals surface area contributed by atoms with Crippen LogP contribution in [0.3, 0.4) is 0 Å². The van der Waals surface area contributed by atoms with E-state index in [0.717, 1.165) is 0 Å². The van der Waals surface area contributed by atoms with E-state index in [4.69, 9.17) is 10.5 Å². The summed E-state index contributed by atoms with van der Waals surface area (Å²) < 4.78 is 57.4. The highest BCUT2D eigenvalue weighted by Crippen LogP contribution is 2.16. The summed E-state index contributed by atoms with van der Waals surface area (Å²) in [6, 6.07) is 8.29. The largest absolute Gasteiger partial charge is 0.480 e. The van der Waals surface area contributed by atoms with Gasteiger partial charge in [0.2, 0.25) is 10.0 Å². The van der Waals surface area contributed by atoms with E-state index in [1.807, 2.05) is 0 Å². The molecule has 0 unspecified atom stereocenters. The summed E-state index contributed by atoms with van der Waals surface area (Å²) in [6.07, 6.45) is 0. The van der Waals surface area contributed by atoms with Crippen molar-refractivity contribution in [2.75, 3.05) is 13.2 Å². The molecule has 0 spiro atoms. The van der Waals surface area contributed by atoms with Crippen LogP contribution in [-0.2, 0) is 10.0 Å². The molecule has 0 bridgehead atoms. The van der Waals surface area contributed by atoms with Crippen molar-refractivity contribution >= 4 is 15.9 Å². The second kappa shape index (κ2) is 8.42. The molecule has 9 heteroatoms. The van der Waals surface area contributed by atoms with E-state index in [0.29, 0.717) is 18.2 Å². The molecule has 2 rings (SSSR count). The molecule has 0 fully saturated rings. The lowest BCUT2D eigenvalue weighted by Crippen LogP contribution is -2.24. The molecular weight excluding hydrogens is 366 g/mol. The number of primary amides is 1. The quantitative estimate of drug-likeness (QED) is 0.741. The van der Waals surface area contributed by atoms with Gasteiger partial charge in [-0.2, -0.15) is 4.72 Å². The van der Waals surface area contributed by atoms with Gasteiger partial charge in [-0.25, -0.2) is 17.2 Å². The van der Waals surface area contributed by atoms with Gasteiger partial charge in [0, 0.05) is 6.07 Å². The van der Waals surface area contributed by atoms with Crippen LogP contribution in [0.1, 0.15) is 10.4 Å². The predicted molar refractivity (Wildman–Crippen MR) is 89.8 cm³/mol. The van der Waals surface area contributed by atoms with E-state index >= 15 is 0 Å². The summed E-state index contributed by atoms with van der Waals surface area (Å²) in [5.41, 5.74) is 5.40. The minimum Gasteiger partial charge on any atom is -0.480 e. The Kier molecular flexibility index (Phi) is 6.27. The molecule has 136 valence electrons. The number of rotatable bonds is 6. The van der Waals surface area contributed by atoms with Crippen molar-refractivity contribution in [3.05, 3.63) is 59.7 Å². The Morgan fingerprint density at radius 2 is 1.77 bits per heavy atom. The van der Waals surface area contributed by atoms with Gasteiger partial charge in [-0.3, -0.25) is 4.79 Å². The van der Waals surface area contributed by atoms with Gasteiger partial charge in [-0.05, 0) is 24.3 Å². The number of hydrogen-bond acceptors (Lipinski definition) is 4. The Morgan fingerprint density at radius 1 is 1.12 bits per heavy atom. The second-order valence-corrected chi connectivity index (χ2v) is 6.70. The van der Waals surface area contributed by atoms with Crippen LogP contribution < -0.4 is 15.2 Å². The van der Waals surface area contributed by atoms with Crippen molar-refractivity contribution in [1.82, 2.24) is 4.72 Å². The summed E-state index contributed by atoms with van der Waals surface area (Å²) in [4.78, 5) is 10.7. The van der Waals surface area contributed by atoms with Crippen molar-refractivity contribution < 1.29 is 26.7 Å². The molecule has 0 heterocycles. The lowest BCUT2D eigenvalue weighted by molar-refractivity contribution is 0.0997. The number of carbonyl (C=O) groups excluding carboxylic acids is 1. The topological polar surface area (TPSA) is 98.5 Å². The van der Waals surface area contributed by atoms with Gasteiger partial charge in [0.25, 0.3) is 5.91 Å². The maximum absolute atomic E-state index is 13.1. The molecule has 0 aromatic heterocycles. The fourth-order valence-electron chi connectivity index (χ4n) is 1.92. The summed E-state index contributed by atoms with van der Waals surface area (Å²) in [5.74, 6) is 2.64. The number of nitrogens with two attached hydrogens (primary N) is 1. The van der Waals surface area contributed by atoms with Crippen LogP contribution in [0.25, 0.3) is 0 Å². The number of amides is 1.